The maximum atomic E-state index is 12.6. The molecule has 170 valence electrons. The number of nitrogens with zero attached hydrogens (tertiary/aromatic N) is 2. The molecular formula is C22H22ClF3N4O2. The Labute approximate surface area is 188 Å². The second-order valence-corrected chi connectivity index (χ2v) is 7.66. The third-order valence-electron chi connectivity index (χ3n) is 4.60. The van der Waals surface area contributed by atoms with Crippen molar-refractivity contribution >= 4 is 29.1 Å². The maximum Gasteiger partial charge on any atom is 0.573 e. The fourth-order valence-corrected chi connectivity index (χ4v) is 3.14. The second kappa shape index (κ2) is 9.62. The molecule has 1 heterocycles. The van der Waals surface area contributed by atoms with E-state index in [4.69, 9.17) is 11.6 Å². The van der Waals surface area contributed by atoms with Crippen LogP contribution in [0.2, 0.25) is 5.02 Å². The number of aryl methyl sites for hydroxylation is 1. The predicted molar refractivity (Wildman–Crippen MR) is 119 cm³/mol. The van der Waals surface area contributed by atoms with Crippen molar-refractivity contribution in [2.45, 2.75) is 33.2 Å². The first-order valence-corrected chi connectivity index (χ1v) is 10.1. The Morgan fingerprint density at radius 3 is 2.56 bits per heavy atom. The third kappa shape index (κ3) is 6.02. The van der Waals surface area contributed by atoms with Crippen LogP contribution in [0.1, 0.15) is 18.1 Å². The molecule has 0 bridgehead atoms. The molecule has 0 saturated carbocycles. The number of rotatable bonds is 7. The van der Waals surface area contributed by atoms with E-state index < -0.39 is 6.36 Å². The van der Waals surface area contributed by atoms with Crippen LogP contribution in [-0.2, 0) is 0 Å². The molecule has 3 rings (SSSR count). The minimum atomic E-state index is -4.80. The summed E-state index contributed by atoms with van der Waals surface area (Å²) in [6, 6.07) is 10.5. The highest BCUT2D eigenvalue weighted by Gasteiger charge is 2.31. The van der Waals surface area contributed by atoms with Crippen LogP contribution in [0.5, 0.6) is 5.75 Å². The van der Waals surface area contributed by atoms with E-state index in [9.17, 15) is 18.3 Å². The van der Waals surface area contributed by atoms with E-state index in [0.717, 1.165) is 16.8 Å². The number of hydrogen-bond acceptors (Lipinski definition) is 6. The highest BCUT2D eigenvalue weighted by Crippen LogP contribution is 2.32. The Morgan fingerprint density at radius 2 is 1.88 bits per heavy atom. The topological polar surface area (TPSA) is 79.3 Å². The van der Waals surface area contributed by atoms with Gasteiger partial charge < -0.3 is 20.5 Å². The largest absolute Gasteiger partial charge is 0.573 e. The number of nitrogens with one attached hydrogen (secondary N) is 2. The zero-order valence-electron chi connectivity index (χ0n) is 17.6. The summed E-state index contributed by atoms with van der Waals surface area (Å²) in [6.07, 6.45) is -4.80. The average Bonchev–Trinajstić information content (AvgIpc) is 2.72. The molecule has 3 aromatic rings. The van der Waals surface area contributed by atoms with E-state index in [1.165, 1.54) is 18.2 Å². The van der Waals surface area contributed by atoms with Crippen molar-refractivity contribution in [3.8, 4) is 17.0 Å². The molecule has 0 amide bonds. The third-order valence-corrected chi connectivity index (χ3v) is 5.01. The molecule has 0 unspecified atom stereocenters. The van der Waals surface area contributed by atoms with Gasteiger partial charge in [-0.2, -0.15) is 4.98 Å². The van der Waals surface area contributed by atoms with Gasteiger partial charge in [0, 0.05) is 28.4 Å². The van der Waals surface area contributed by atoms with Gasteiger partial charge in [0.2, 0.25) is 5.95 Å². The van der Waals surface area contributed by atoms with Crippen LogP contribution in [0.25, 0.3) is 11.3 Å². The van der Waals surface area contributed by atoms with Gasteiger partial charge in [0.25, 0.3) is 0 Å². The smallest absolute Gasteiger partial charge is 0.406 e. The van der Waals surface area contributed by atoms with Crippen LogP contribution in [0, 0.1) is 13.8 Å². The number of aromatic nitrogens is 2. The Balaban J connectivity index is 2.05. The van der Waals surface area contributed by atoms with Gasteiger partial charge in [-0.3, -0.25) is 0 Å². The summed E-state index contributed by atoms with van der Waals surface area (Å²) in [6.45, 7) is 5.37. The lowest BCUT2D eigenvalue weighted by Gasteiger charge is -2.17. The Morgan fingerprint density at radius 1 is 1.12 bits per heavy atom. The lowest BCUT2D eigenvalue weighted by atomic mass is 10.1. The molecule has 0 spiro atoms. The fourth-order valence-electron chi connectivity index (χ4n) is 2.98. The predicted octanol–water partition coefficient (Wildman–Crippen LogP) is 5.85. The number of alkyl halides is 3. The Bertz CT molecular complexity index is 1110. The van der Waals surface area contributed by atoms with Crippen LogP contribution in [-0.4, -0.2) is 34.1 Å². The first-order chi connectivity index (χ1) is 15.1. The molecule has 2 aromatic carbocycles. The second-order valence-electron chi connectivity index (χ2n) is 7.25. The summed E-state index contributed by atoms with van der Waals surface area (Å²) < 4.78 is 41.9. The van der Waals surface area contributed by atoms with Crippen molar-refractivity contribution in [2.24, 2.45) is 0 Å². The number of aliphatic hydroxyl groups is 1. The van der Waals surface area contributed by atoms with Crippen molar-refractivity contribution in [3.63, 3.8) is 0 Å². The molecule has 0 aliphatic carbocycles. The molecule has 0 radical (unpaired) electrons. The van der Waals surface area contributed by atoms with Gasteiger partial charge in [-0.1, -0.05) is 29.8 Å². The standard InChI is InChI=1S/C22H22ClF3N4O2/c1-12-7-8-17(23)14(3)20(12)29-19-10-18(28-21(30-19)27-13(2)11-31)15-5-4-6-16(9-15)32-22(24,25)26/h4-10,13,31H,11H2,1-3H3,(H2,27,28,29,30)/t13-/m1/s1. The van der Waals surface area contributed by atoms with Gasteiger partial charge in [0.05, 0.1) is 12.3 Å². The normalized spacial score (nSPS) is 12.4. The van der Waals surface area contributed by atoms with Gasteiger partial charge in [0.15, 0.2) is 0 Å². The molecule has 0 saturated heterocycles. The fraction of sp³-hybridized carbons (Fsp3) is 0.273. The summed E-state index contributed by atoms with van der Waals surface area (Å²) in [5, 5.41) is 16.1. The zero-order chi connectivity index (χ0) is 23.5. The van der Waals surface area contributed by atoms with Gasteiger partial charge in [0.1, 0.15) is 11.6 Å². The molecule has 1 atom stereocenters. The molecule has 6 nitrogen and oxygen atoms in total. The van der Waals surface area contributed by atoms with Crippen molar-refractivity contribution in [2.75, 3.05) is 17.2 Å². The molecule has 0 fully saturated rings. The number of ether oxygens (including phenoxy) is 1. The molecule has 1 aromatic heterocycles. The molecule has 3 N–H and O–H groups in total. The number of aliphatic hydroxyl groups excluding tert-OH is 1. The summed E-state index contributed by atoms with van der Waals surface area (Å²) in [5.74, 6) is 0.243. The van der Waals surface area contributed by atoms with Crippen LogP contribution in [0.15, 0.2) is 42.5 Å². The SMILES string of the molecule is Cc1ccc(Cl)c(C)c1Nc1cc(-c2cccc(OC(F)(F)F)c2)nc(N[C@H](C)CO)n1. The van der Waals surface area contributed by atoms with E-state index in [-0.39, 0.29) is 24.3 Å². The molecule has 0 aliphatic rings. The Kier molecular flexibility index (Phi) is 7.10. The monoisotopic (exact) mass is 466 g/mol. The highest BCUT2D eigenvalue weighted by molar-refractivity contribution is 6.31. The highest BCUT2D eigenvalue weighted by atomic mass is 35.5. The van der Waals surface area contributed by atoms with Crippen LogP contribution < -0.4 is 15.4 Å². The van der Waals surface area contributed by atoms with E-state index in [1.807, 2.05) is 19.9 Å². The quantitative estimate of drug-likeness (QED) is 0.405. The number of hydrogen-bond donors (Lipinski definition) is 3. The van der Waals surface area contributed by atoms with E-state index in [1.54, 1.807) is 25.1 Å². The number of anilines is 3. The summed E-state index contributed by atoms with van der Waals surface area (Å²) in [4.78, 5) is 8.83. The summed E-state index contributed by atoms with van der Waals surface area (Å²) >= 11 is 6.25. The van der Waals surface area contributed by atoms with Crippen molar-refractivity contribution in [3.05, 3.63) is 58.6 Å². The first-order valence-electron chi connectivity index (χ1n) is 9.71. The summed E-state index contributed by atoms with van der Waals surface area (Å²) in [5.41, 5.74) is 3.28. The van der Waals surface area contributed by atoms with E-state index >= 15 is 0 Å². The van der Waals surface area contributed by atoms with E-state index in [0.29, 0.717) is 22.1 Å². The molecule has 10 heteroatoms. The van der Waals surface area contributed by atoms with Crippen molar-refractivity contribution in [1.82, 2.24) is 9.97 Å². The van der Waals surface area contributed by atoms with Crippen molar-refractivity contribution < 1.29 is 23.0 Å². The lowest BCUT2D eigenvalue weighted by molar-refractivity contribution is -0.274. The van der Waals surface area contributed by atoms with Crippen LogP contribution in [0.3, 0.4) is 0 Å². The Hall–Kier alpha value is -3.04. The van der Waals surface area contributed by atoms with Crippen molar-refractivity contribution in [1.29, 1.82) is 0 Å². The van der Waals surface area contributed by atoms with Crippen LogP contribution in [0.4, 0.5) is 30.6 Å². The molecular weight excluding hydrogens is 445 g/mol. The number of halogens is 4. The first kappa shape index (κ1) is 23.6. The van der Waals surface area contributed by atoms with Gasteiger partial charge in [-0.05, 0) is 50.1 Å². The van der Waals surface area contributed by atoms with E-state index in [2.05, 4.69) is 25.3 Å². The van der Waals surface area contributed by atoms with Gasteiger partial charge >= 0.3 is 6.36 Å². The number of benzene rings is 2. The summed E-state index contributed by atoms with van der Waals surface area (Å²) in [7, 11) is 0. The zero-order valence-corrected chi connectivity index (χ0v) is 18.3. The van der Waals surface area contributed by atoms with Gasteiger partial charge in [-0.15, -0.1) is 13.2 Å². The van der Waals surface area contributed by atoms with Gasteiger partial charge in [-0.25, -0.2) is 4.98 Å². The van der Waals surface area contributed by atoms with Crippen LogP contribution >= 0.6 is 11.6 Å². The maximum absolute atomic E-state index is 12.6. The minimum Gasteiger partial charge on any atom is -0.406 e. The lowest BCUT2D eigenvalue weighted by Crippen LogP contribution is -2.21. The average molecular weight is 467 g/mol. The molecule has 32 heavy (non-hydrogen) atoms. The molecule has 0 aliphatic heterocycles. The minimum absolute atomic E-state index is 0.155.